The second-order valence-electron chi connectivity index (χ2n) is 3.82. The smallest absolute Gasteiger partial charge is 0.0680 e. The van der Waals surface area contributed by atoms with E-state index in [1.807, 2.05) is 6.92 Å². The number of benzene rings is 1. The minimum atomic E-state index is 1.11. The molecule has 2 nitrogen and oxygen atoms in total. The van der Waals surface area contributed by atoms with Crippen LogP contribution in [0.4, 0.5) is 0 Å². The largest absolute Gasteiger partial charge is 0.237 e. The van der Waals surface area contributed by atoms with Gasteiger partial charge in [-0.1, -0.05) is 18.2 Å². The van der Waals surface area contributed by atoms with Gasteiger partial charge in [0.25, 0.3) is 0 Å². The highest BCUT2D eigenvalue weighted by molar-refractivity contribution is 5.44. The third-order valence-corrected chi connectivity index (χ3v) is 2.78. The summed E-state index contributed by atoms with van der Waals surface area (Å²) in [4.78, 5) is 0. The van der Waals surface area contributed by atoms with Crippen molar-refractivity contribution in [1.82, 2.24) is 9.78 Å². The number of aromatic nitrogens is 2. The van der Waals surface area contributed by atoms with E-state index in [2.05, 4.69) is 40.1 Å². The summed E-state index contributed by atoms with van der Waals surface area (Å²) in [6.45, 7) is 2.05. The van der Waals surface area contributed by atoms with E-state index in [9.17, 15) is 0 Å². The Morgan fingerprint density at radius 2 is 2.07 bits per heavy atom. The number of fused-ring (bicyclic) bond motifs is 3. The molecule has 0 aliphatic carbocycles. The first-order valence-electron chi connectivity index (χ1n) is 4.98. The molecular formula is C12H12N2. The lowest BCUT2D eigenvalue weighted by molar-refractivity contribution is 0.733. The average molecular weight is 184 g/mol. The first-order chi connectivity index (χ1) is 6.84. The lowest BCUT2D eigenvalue weighted by Gasteiger charge is -2.17. The van der Waals surface area contributed by atoms with Crippen LogP contribution in [0.3, 0.4) is 0 Å². The summed E-state index contributed by atoms with van der Waals surface area (Å²) in [5, 5.41) is 4.51. The molecule has 0 N–H and O–H groups in total. The second-order valence-corrected chi connectivity index (χ2v) is 3.82. The highest BCUT2D eigenvalue weighted by atomic mass is 15.3. The van der Waals surface area contributed by atoms with E-state index in [1.54, 1.807) is 0 Å². The predicted molar refractivity (Wildman–Crippen MR) is 55.7 cm³/mol. The Morgan fingerprint density at radius 1 is 1.21 bits per heavy atom. The molecule has 0 radical (unpaired) electrons. The van der Waals surface area contributed by atoms with Crippen molar-refractivity contribution in [3.8, 4) is 5.69 Å². The summed E-state index contributed by atoms with van der Waals surface area (Å²) >= 11 is 0. The van der Waals surface area contributed by atoms with Crippen molar-refractivity contribution in [3.05, 3.63) is 47.3 Å². The van der Waals surface area contributed by atoms with Gasteiger partial charge in [-0.25, -0.2) is 4.68 Å². The monoisotopic (exact) mass is 184 g/mol. The predicted octanol–water partition coefficient (Wildman–Crippen LogP) is 2.28. The lowest BCUT2D eigenvalue weighted by Crippen LogP contribution is -2.12. The van der Waals surface area contributed by atoms with Crippen LogP contribution < -0.4 is 0 Å². The number of nitrogens with zero attached hydrogens (tertiary/aromatic N) is 2. The Kier molecular flexibility index (Phi) is 1.51. The third kappa shape index (κ3) is 1.00. The molecule has 2 heteroatoms. The number of para-hydroxylation sites is 1. The zero-order valence-electron chi connectivity index (χ0n) is 8.20. The average Bonchev–Trinajstić information content (AvgIpc) is 2.59. The Morgan fingerprint density at radius 3 is 3.00 bits per heavy atom. The normalized spacial score (nSPS) is 13.5. The molecule has 1 aliphatic rings. The Balaban J connectivity index is 2.28. The first-order valence-corrected chi connectivity index (χ1v) is 4.98. The number of rotatable bonds is 0. The van der Waals surface area contributed by atoms with Crippen molar-refractivity contribution in [1.29, 1.82) is 0 Å². The maximum absolute atomic E-state index is 4.51. The van der Waals surface area contributed by atoms with Crippen molar-refractivity contribution in [2.24, 2.45) is 0 Å². The Bertz CT molecular complexity index is 483. The topological polar surface area (TPSA) is 17.8 Å². The van der Waals surface area contributed by atoms with E-state index in [1.165, 1.54) is 16.9 Å². The number of hydrogen-bond acceptors (Lipinski definition) is 1. The van der Waals surface area contributed by atoms with Crippen molar-refractivity contribution < 1.29 is 0 Å². The van der Waals surface area contributed by atoms with Crippen molar-refractivity contribution in [2.45, 2.75) is 19.8 Å². The van der Waals surface area contributed by atoms with Gasteiger partial charge in [-0.05, 0) is 37.5 Å². The SMILES string of the molecule is Cc1cc2n(n1)-c1ccccc1CC2. The van der Waals surface area contributed by atoms with E-state index < -0.39 is 0 Å². The van der Waals surface area contributed by atoms with Gasteiger partial charge in [0.15, 0.2) is 0 Å². The van der Waals surface area contributed by atoms with Gasteiger partial charge in [0.05, 0.1) is 11.4 Å². The molecule has 0 unspecified atom stereocenters. The molecule has 0 bridgehead atoms. The molecule has 3 rings (SSSR count). The Labute approximate surface area is 83.2 Å². The minimum Gasteiger partial charge on any atom is -0.237 e. The molecule has 1 aromatic heterocycles. The third-order valence-electron chi connectivity index (χ3n) is 2.78. The molecular weight excluding hydrogens is 172 g/mol. The summed E-state index contributed by atoms with van der Waals surface area (Å²) in [5.74, 6) is 0. The van der Waals surface area contributed by atoms with Crippen molar-refractivity contribution in [2.75, 3.05) is 0 Å². The van der Waals surface area contributed by atoms with Gasteiger partial charge in [0.1, 0.15) is 0 Å². The number of aryl methyl sites for hydroxylation is 3. The van der Waals surface area contributed by atoms with Gasteiger partial charge in [-0.2, -0.15) is 5.10 Å². The van der Waals surface area contributed by atoms with Gasteiger partial charge in [0.2, 0.25) is 0 Å². The van der Waals surface area contributed by atoms with Crippen LogP contribution in [0.2, 0.25) is 0 Å². The van der Waals surface area contributed by atoms with Crippen molar-refractivity contribution >= 4 is 0 Å². The van der Waals surface area contributed by atoms with E-state index in [4.69, 9.17) is 0 Å². The minimum absolute atomic E-state index is 1.11. The van der Waals surface area contributed by atoms with Crippen LogP contribution in [0.15, 0.2) is 30.3 Å². The Hall–Kier alpha value is -1.57. The summed E-state index contributed by atoms with van der Waals surface area (Å²) < 4.78 is 2.08. The molecule has 1 aromatic carbocycles. The summed E-state index contributed by atoms with van der Waals surface area (Å²) in [6.07, 6.45) is 2.25. The van der Waals surface area contributed by atoms with Crippen LogP contribution in [0.5, 0.6) is 0 Å². The lowest BCUT2D eigenvalue weighted by atomic mass is 10.0. The molecule has 14 heavy (non-hydrogen) atoms. The molecule has 0 saturated carbocycles. The zero-order chi connectivity index (χ0) is 9.54. The molecule has 0 atom stereocenters. The van der Waals surface area contributed by atoms with Crippen LogP contribution in [-0.2, 0) is 12.8 Å². The molecule has 2 heterocycles. The van der Waals surface area contributed by atoms with Gasteiger partial charge in [-0.15, -0.1) is 0 Å². The van der Waals surface area contributed by atoms with Crippen LogP contribution in [0, 0.1) is 6.92 Å². The molecule has 70 valence electrons. The zero-order valence-corrected chi connectivity index (χ0v) is 8.20. The fraction of sp³-hybridized carbons (Fsp3) is 0.250. The molecule has 1 aliphatic heterocycles. The van der Waals surface area contributed by atoms with Gasteiger partial charge in [-0.3, -0.25) is 0 Å². The standard InChI is InChI=1S/C12H12N2/c1-9-8-11-7-6-10-4-2-3-5-12(10)14(11)13-9/h2-5,8H,6-7H2,1H3. The van der Waals surface area contributed by atoms with Crippen LogP contribution in [0.25, 0.3) is 5.69 Å². The van der Waals surface area contributed by atoms with E-state index in [-0.39, 0.29) is 0 Å². The van der Waals surface area contributed by atoms with Crippen LogP contribution >= 0.6 is 0 Å². The van der Waals surface area contributed by atoms with E-state index in [0.29, 0.717) is 0 Å². The summed E-state index contributed by atoms with van der Waals surface area (Å²) in [6, 6.07) is 10.7. The second kappa shape index (κ2) is 2.71. The quantitative estimate of drug-likeness (QED) is 0.614. The fourth-order valence-electron chi connectivity index (χ4n) is 2.13. The molecule has 0 spiro atoms. The molecule has 0 amide bonds. The highest BCUT2D eigenvalue weighted by Gasteiger charge is 2.15. The summed E-state index contributed by atoms with van der Waals surface area (Å²) in [7, 11) is 0. The van der Waals surface area contributed by atoms with Gasteiger partial charge < -0.3 is 0 Å². The maximum Gasteiger partial charge on any atom is 0.0680 e. The van der Waals surface area contributed by atoms with Crippen LogP contribution in [-0.4, -0.2) is 9.78 Å². The van der Waals surface area contributed by atoms with Crippen LogP contribution in [0.1, 0.15) is 17.0 Å². The first kappa shape index (κ1) is 7.80. The number of hydrogen-bond donors (Lipinski definition) is 0. The van der Waals surface area contributed by atoms with Gasteiger partial charge in [0, 0.05) is 5.69 Å². The molecule has 0 saturated heterocycles. The molecule has 2 aromatic rings. The van der Waals surface area contributed by atoms with Gasteiger partial charge >= 0.3 is 0 Å². The molecule has 0 fully saturated rings. The fourth-order valence-corrected chi connectivity index (χ4v) is 2.13. The van der Waals surface area contributed by atoms with E-state index >= 15 is 0 Å². The summed E-state index contributed by atoms with van der Waals surface area (Å²) in [5.41, 5.74) is 5.10. The highest BCUT2D eigenvalue weighted by Crippen LogP contribution is 2.23. The van der Waals surface area contributed by atoms with E-state index in [0.717, 1.165) is 18.5 Å². The van der Waals surface area contributed by atoms with Crippen molar-refractivity contribution in [3.63, 3.8) is 0 Å². The maximum atomic E-state index is 4.51.